The highest BCUT2D eigenvalue weighted by Crippen LogP contribution is 2.81. The molecule has 5 nitrogen and oxygen atoms in total. The molecule has 0 bridgehead atoms. The van der Waals surface area contributed by atoms with Crippen LogP contribution in [0.2, 0.25) is 0 Å². The second-order valence-electron chi connectivity index (χ2n) is 13.1. The molecule has 1 saturated heterocycles. The summed E-state index contributed by atoms with van der Waals surface area (Å²) >= 11 is 0. The van der Waals surface area contributed by atoms with Crippen molar-refractivity contribution in [3.63, 3.8) is 0 Å². The highest BCUT2D eigenvalue weighted by molar-refractivity contribution is 5.96. The van der Waals surface area contributed by atoms with Crippen molar-refractivity contribution >= 4 is 17.7 Å². The van der Waals surface area contributed by atoms with Crippen LogP contribution < -0.4 is 0 Å². The molecule has 1 heterocycles. The van der Waals surface area contributed by atoms with Gasteiger partial charge in [-0.2, -0.15) is 0 Å². The number of hydrogen-bond acceptors (Lipinski definition) is 5. The number of carbonyl (C=O) groups is 3. The van der Waals surface area contributed by atoms with E-state index in [1.165, 1.54) is 5.57 Å². The Kier molecular flexibility index (Phi) is 3.84. The number of allylic oxidation sites excluding steroid dienone is 1. The number of ether oxygens (including phenoxy) is 2. The van der Waals surface area contributed by atoms with Crippen molar-refractivity contribution in [2.24, 2.45) is 58.2 Å². The fourth-order valence-electron chi connectivity index (χ4n) is 10.4. The molecule has 0 aromatic rings. The fourth-order valence-corrected chi connectivity index (χ4v) is 10.4. The summed E-state index contributed by atoms with van der Waals surface area (Å²) in [6.07, 6.45) is 8.06. The largest absolute Gasteiger partial charge is 0.463 e. The van der Waals surface area contributed by atoms with Gasteiger partial charge >= 0.3 is 11.9 Å². The van der Waals surface area contributed by atoms with Gasteiger partial charge < -0.3 is 9.47 Å². The molecule has 178 valence electrons. The number of carbonyl (C=O) groups excluding carboxylic acids is 3. The molecule has 1 spiro atoms. The summed E-state index contributed by atoms with van der Waals surface area (Å²) in [7, 11) is 0. The van der Waals surface area contributed by atoms with Crippen LogP contribution in [0.25, 0.3) is 0 Å². The minimum Gasteiger partial charge on any atom is -0.463 e. The molecule has 11 atom stereocenters. The van der Waals surface area contributed by atoms with Crippen molar-refractivity contribution in [2.75, 3.05) is 0 Å². The normalized spacial score (nSPS) is 55.1. The molecule has 5 saturated carbocycles. The Bertz CT molecular complexity index is 1010. The van der Waals surface area contributed by atoms with Crippen LogP contribution in [0.5, 0.6) is 0 Å². The smallest absolute Gasteiger partial charge is 0.309 e. The number of hydrogen-bond donors (Lipinski definition) is 0. The first-order valence-corrected chi connectivity index (χ1v) is 13.3. The molecule has 0 N–H and O–H groups in total. The number of fused-ring (bicyclic) bond motifs is 11. The van der Waals surface area contributed by atoms with Gasteiger partial charge in [-0.05, 0) is 93.5 Å². The Morgan fingerprint density at radius 3 is 2.61 bits per heavy atom. The van der Waals surface area contributed by atoms with E-state index in [0.29, 0.717) is 42.4 Å². The minimum atomic E-state index is -0.321. The van der Waals surface area contributed by atoms with Gasteiger partial charge in [-0.25, -0.2) is 0 Å². The van der Waals surface area contributed by atoms with Gasteiger partial charge in [-0.15, -0.1) is 0 Å². The van der Waals surface area contributed by atoms with Gasteiger partial charge in [-0.3, -0.25) is 14.4 Å². The monoisotopic (exact) mass is 452 g/mol. The van der Waals surface area contributed by atoms with Crippen LogP contribution in [0, 0.1) is 58.2 Å². The van der Waals surface area contributed by atoms with Crippen molar-refractivity contribution in [3.05, 3.63) is 11.6 Å². The van der Waals surface area contributed by atoms with Gasteiger partial charge in [0.1, 0.15) is 5.60 Å². The molecule has 6 fully saturated rings. The Morgan fingerprint density at radius 1 is 1.12 bits per heavy atom. The minimum absolute atomic E-state index is 0.0195. The van der Waals surface area contributed by atoms with Gasteiger partial charge in [0.05, 0.1) is 12.0 Å². The van der Waals surface area contributed by atoms with E-state index in [1.54, 1.807) is 0 Å². The number of rotatable bonds is 2. The maximum atomic E-state index is 13.6. The molecule has 0 aromatic heterocycles. The zero-order valence-electron chi connectivity index (χ0n) is 20.3. The van der Waals surface area contributed by atoms with E-state index in [-0.39, 0.29) is 58.0 Å². The highest BCUT2D eigenvalue weighted by Gasteiger charge is 2.80. The molecule has 33 heavy (non-hydrogen) atoms. The summed E-state index contributed by atoms with van der Waals surface area (Å²) in [6.45, 7) is 8.63. The predicted octanol–water partition coefficient (Wildman–Crippen LogP) is 4.48. The lowest BCUT2D eigenvalue weighted by Crippen LogP contribution is -2.60. The van der Waals surface area contributed by atoms with E-state index in [0.717, 1.165) is 32.1 Å². The lowest BCUT2D eigenvalue weighted by Gasteiger charge is -2.61. The predicted molar refractivity (Wildman–Crippen MR) is 120 cm³/mol. The van der Waals surface area contributed by atoms with Crippen LogP contribution in [0.3, 0.4) is 0 Å². The van der Waals surface area contributed by atoms with Gasteiger partial charge in [-0.1, -0.05) is 19.4 Å². The molecular formula is C28H36O5. The molecule has 1 unspecified atom stereocenters. The third-order valence-corrected chi connectivity index (χ3v) is 11.7. The van der Waals surface area contributed by atoms with Crippen molar-refractivity contribution in [1.29, 1.82) is 0 Å². The first-order valence-electron chi connectivity index (χ1n) is 13.3. The van der Waals surface area contributed by atoms with Crippen LogP contribution >= 0.6 is 0 Å². The van der Waals surface area contributed by atoms with Crippen LogP contribution in [0.1, 0.15) is 72.6 Å². The van der Waals surface area contributed by atoms with E-state index in [4.69, 9.17) is 9.47 Å². The average molecular weight is 453 g/mol. The SMILES string of the molecule is CC(C)OC(=O)[C@@H]1CC2=CC(=O)[C@@H]3C[C@@H]3[C@]2(C)[C@H]2CC[C@@]3(C)[C@@H]([C@@H]4C[C@@H]4C34CCC(=O)O4)[C@H]12. The quantitative estimate of drug-likeness (QED) is 0.578. The Balaban J connectivity index is 1.34. The van der Waals surface area contributed by atoms with Gasteiger partial charge in [0, 0.05) is 23.7 Å². The molecule has 5 heteroatoms. The maximum absolute atomic E-state index is 13.6. The molecule has 0 aromatic carbocycles. The van der Waals surface area contributed by atoms with Crippen LogP contribution in [-0.4, -0.2) is 29.4 Å². The fraction of sp³-hybridized carbons (Fsp3) is 0.821. The summed E-state index contributed by atoms with van der Waals surface area (Å²) in [6, 6.07) is 0. The maximum Gasteiger partial charge on any atom is 0.309 e. The van der Waals surface area contributed by atoms with Crippen molar-refractivity contribution in [2.45, 2.75) is 84.3 Å². The Morgan fingerprint density at radius 2 is 1.91 bits per heavy atom. The molecule has 1 aliphatic heterocycles. The average Bonchev–Trinajstić information content (AvgIpc) is 3.65. The molecule has 0 radical (unpaired) electrons. The van der Waals surface area contributed by atoms with Crippen molar-refractivity contribution in [3.8, 4) is 0 Å². The van der Waals surface area contributed by atoms with Crippen LogP contribution in [0.4, 0.5) is 0 Å². The third kappa shape index (κ3) is 2.33. The van der Waals surface area contributed by atoms with E-state index in [1.807, 2.05) is 19.9 Å². The van der Waals surface area contributed by atoms with E-state index in [2.05, 4.69) is 13.8 Å². The van der Waals surface area contributed by atoms with Crippen molar-refractivity contribution < 1.29 is 23.9 Å². The summed E-state index contributed by atoms with van der Waals surface area (Å²) in [4.78, 5) is 38.6. The topological polar surface area (TPSA) is 69.7 Å². The Labute approximate surface area is 196 Å². The highest BCUT2D eigenvalue weighted by atomic mass is 16.6. The van der Waals surface area contributed by atoms with Crippen LogP contribution in [-0.2, 0) is 23.9 Å². The Hall–Kier alpha value is -1.65. The lowest BCUT2D eigenvalue weighted by molar-refractivity contribution is -0.188. The van der Waals surface area contributed by atoms with Crippen molar-refractivity contribution in [1.82, 2.24) is 0 Å². The summed E-state index contributed by atoms with van der Waals surface area (Å²) in [5.74, 6) is 2.67. The van der Waals surface area contributed by atoms with E-state index >= 15 is 0 Å². The molecular weight excluding hydrogens is 416 g/mol. The second-order valence-corrected chi connectivity index (χ2v) is 13.1. The summed E-state index contributed by atoms with van der Waals surface area (Å²) in [5.41, 5.74) is 0.855. The van der Waals surface area contributed by atoms with E-state index < -0.39 is 0 Å². The molecule has 0 amide bonds. The lowest BCUT2D eigenvalue weighted by atomic mass is 9.43. The third-order valence-electron chi connectivity index (χ3n) is 11.7. The zero-order valence-corrected chi connectivity index (χ0v) is 20.3. The first kappa shape index (κ1) is 20.7. The second kappa shape index (κ2) is 6.12. The molecule has 7 rings (SSSR count). The molecule has 7 aliphatic rings. The van der Waals surface area contributed by atoms with Gasteiger partial charge in [0.25, 0.3) is 0 Å². The van der Waals surface area contributed by atoms with Gasteiger partial charge in [0.15, 0.2) is 5.78 Å². The van der Waals surface area contributed by atoms with Gasteiger partial charge in [0.2, 0.25) is 0 Å². The van der Waals surface area contributed by atoms with E-state index in [9.17, 15) is 14.4 Å². The summed E-state index contributed by atoms with van der Waals surface area (Å²) in [5, 5.41) is 0. The first-order chi connectivity index (χ1) is 15.6. The molecule has 6 aliphatic carbocycles. The number of ketones is 1. The van der Waals surface area contributed by atoms with Crippen LogP contribution in [0.15, 0.2) is 11.6 Å². The standard InChI is InChI=1S/C28H36O5/c1-13(2)32-25(31)17-9-14-10-21(29)15-11-19(15)27(14,4)18-5-7-26(3)24(23(17)18)16-12-20(16)28(26)8-6-22(30)33-28/h10,13,15-20,23-24H,5-9,11-12H2,1-4H3/t15-,16-,17-,18+,19+,20+,23-,24+,26+,27+,28?/m1/s1. The summed E-state index contributed by atoms with van der Waals surface area (Å²) < 4.78 is 12.1. The number of esters is 2. The zero-order chi connectivity index (χ0) is 23.1.